The Labute approximate surface area is 165 Å². The number of hydrogen-bond acceptors (Lipinski definition) is 2. The highest BCUT2D eigenvalue weighted by Crippen LogP contribution is 2.36. The molecule has 0 bridgehead atoms. The molecule has 0 fully saturated rings. The minimum atomic E-state index is -4.58. The van der Waals surface area contributed by atoms with E-state index >= 15 is 0 Å². The smallest absolute Gasteiger partial charge is 0.309 e. The molecule has 3 rings (SSSR count). The second-order valence-corrected chi connectivity index (χ2v) is 6.67. The van der Waals surface area contributed by atoms with Crippen molar-refractivity contribution < 1.29 is 18.0 Å². The van der Waals surface area contributed by atoms with Crippen molar-refractivity contribution in [3.8, 4) is 11.1 Å². The molecule has 0 N–H and O–H groups in total. The third-order valence-corrected chi connectivity index (χ3v) is 4.74. The summed E-state index contributed by atoms with van der Waals surface area (Å²) < 4.78 is 38.7. The van der Waals surface area contributed by atoms with E-state index in [0.29, 0.717) is 5.69 Å². The minimum Gasteiger partial charge on any atom is -0.309 e. The van der Waals surface area contributed by atoms with E-state index in [1.54, 1.807) is 25.5 Å². The Morgan fingerprint density at radius 2 is 1.79 bits per heavy atom. The molecule has 3 aromatic rings. The number of nitrogens with zero attached hydrogens (tertiary/aromatic N) is 2. The van der Waals surface area contributed by atoms with E-state index in [2.05, 4.69) is 4.98 Å². The minimum absolute atomic E-state index is 0.0556. The summed E-state index contributed by atoms with van der Waals surface area (Å²) in [5.41, 5.74) is 2.37. The molecular formula is C21H16ClF3N2O. The Kier molecular flexibility index (Phi) is 5.42. The van der Waals surface area contributed by atoms with E-state index in [9.17, 15) is 18.0 Å². The maximum atomic E-state index is 12.9. The first-order valence-electron chi connectivity index (χ1n) is 8.35. The second-order valence-electron chi connectivity index (χ2n) is 6.26. The lowest BCUT2D eigenvalue weighted by molar-refractivity contribution is -0.137. The molecule has 0 saturated heterocycles. The van der Waals surface area contributed by atoms with Gasteiger partial charge in [0.15, 0.2) is 0 Å². The van der Waals surface area contributed by atoms with Gasteiger partial charge in [-0.2, -0.15) is 13.2 Å². The molecule has 0 radical (unpaired) electrons. The second kappa shape index (κ2) is 7.64. The molecule has 7 heteroatoms. The Balaban J connectivity index is 2.00. The molecule has 0 unspecified atom stereocenters. The zero-order chi connectivity index (χ0) is 20.5. The number of rotatable bonds is 3. The van der Waals surface area contributed by atoms with Gasteiger partial charge in [-0.15, -0.1) is 0 Å². The SMILES string of the molecule is Cc1ccccc1-c1ccncc1N(C)C(=O)c1ccc(C(F)(F)F)c(Cl)c1. The van der Waals surface area contributed by atoms with Gasteiger partial charge in [-0.1, -0.05) is 35.9 Å². The number of alkyl halides is 3. The molecule has 1 amide bonds. The van der Waals surface area contributed by atoms with Crippen LogP contribution in [0.3, 0.4) is 0 Å². The van der Waals surface area contributed by atoms with Gasteiger partial charge >= 0.3 is 6.18 Å². The van der Waals surface area contributed by atoms with Crippen LogP contribution in [0.15, 0.2) is 60.9 Å². The van der Waals surface area contributed by atoms with Crippen molar-refractivity contribution in [3.63, 3.8) is 0 Å². The van der Waals surface area contributed by atoms with Crippen molar-refractivity contribution in [1.82, 2.24) is 4.98 Å². The molecule has 0 aliphatic carbocycles. The Morgan fingerprint density at radius 3 is 2.43 bits per heavy atom. The monoisotopic (exact) mass is 404 g/mol. The third kappa shape index (κ3) is 3.87. The van der Waals surface area contributed by atoms with Gasteiger partial charge in [0.05, 0.1) is 22.5 Å². The summed E-state index contributed by atoms with van der Waals surface area (Å²) in [5, 5.41) is -0.517. The first kappa shape index (κ1) is 19.9. The molecule has 0 saturated carbocycles. The number of anilines is 1. The first-order chi connectivity index (χ1) is 13.2. The van der Waals surface area contributed by atoms with Crippen LogP contribution in [0.1, 0.15) is 21.5 Å². The van der Waals surface area contributed by atoms with E-state index < -0.39 is 22.7 Å². The number of amides is 1. The predicted molar refractivity (Wildman–Crippen MR) is 104 cm³/mol. The molecule has 1 aromatic heterocycles. The number of benzene rings is 2. The van der Waals surface area contributed by atoms with Crippen molar-refractivity contribution in [2.75, 3.05) is 11.9 Å². The summed E-state index contributed by atoms with van der Waals surface area (Å²) in [4.78, 5) is 18.3. The normalized spacial score (nSPS) is 11.4. The summed E-state index contributed by atoms with van der Waals surface area (Å²) >= 11 is 5.75. The number of carbonyl (C=O) groups is 1. The molecule has 2 aromatic carbocycles. The largest absolute Gasteiger partial charge is 0.417 e. The summed E-state index contributed by atoms with van der Waals surface area (Å²) in [6.45, 7) is 1.96. The van der Waals surface area contributed by atoms with Crippen molar-refractivity contribution in [2.24, 2.45) is 0 Å². The maximum Gasteiger partial charge on any atom is 0.417 e. The van der Waals surface area contributed by atoms with Gasteiger partial charge in [0.1, 0.15) is 0 Å². The molecule has 3 nitrogen and oxygen atoms in total. The number of aryl methyl sites for hydroxylation is 1. The average Bonchev–Trinajstić information content (AvgIpc) is 2.66. The molecule has 144 valence electrons. The topological polar surface area (TPSA) is 33.2 Å². The fourth-order valence-electron chi connectivity index (χ4n) is 2.94. The number of pyridine rings is 1. The summed E-state index contributed by atoms with van der Waals surface area (Å²) in [7, 11) is 1.55. The Bertz CT molecular complexity index is 1030. The van der Waals surface area contributed by atoms with Crippen molar-refractivity contribution in [3.05, 3.63) is 82.6 Å². The lowest BCUT2D eigenvalue weighted by atomic mass is 9.99. The molecule has 0 aliphatic rings. The third-order valence-electron chi connectivity index (χ3n) is 4.42. The highest BCUT2D eigenvalue weighted by atomic mass is 35.5. The van der Waals surface area contributed by atoms with Crippen LogP contribution in [-0.4, -0.2) is 17.9 Å². The summed E-state index contributed by atoms with van der Waals surface area (Å²) in [5.74, 6) is -0.488. The zero-order valence-electron chi connectivity index (χ0n) is 15.1. The Hall–Kier alpha value is -2.86. The van der Waals surface area contributed by atoms with Gasteiger partial charge in [-0.05, 0) is 42.3 Å². The van der Waals surface area contributed by atoms with Crippen LogP contribution in [-0.2, 0) is 6.18 Å². The van der Waals surface area contributed by atoms with Crippen LogP contribution in [0.2, 0.25) is 5.02 Å². The maximum absolute atomic E-state index is 12.9. The average molecular weight is 405 g/mol. The van der Waals surface area contributed by atoms with E-state index in [1.807, 2.05) is 31.2 Å². The van der Waals surface area contributed by atoms with Gasteiger partial charge in [0.2, 0.25) is 0 Å². The van der Waals surface area contributed by atoms with E-state index in [4.69, 9.17) is 11.6 Å². The van der Waals surface area contributed by atoms with Gasteiger partial charge < -0.3 is 4.90 Å². The lowest BCUT2D eigenvalue weighted by Crippen LogP contribution is -2.27. The first-order valence-corrected chi connectivity index (χ1v) is 8.72. The molecule has 0 aliphatic heterocycles. The molecule has 0 spiro atoms. The van der Waals surface area contributed by atoms with Crippen molar-refractivity contribution in [2.45, 2.75) is 13.1 Å². The van der Waals surface area contributed by atoms with Crippen molar-refractivity contribution in [1.29, 1.82) is 0 Å². The van der Waals surface area contributed by atoms with Crippen molar-refractivity contribution >= 4 is 23.2 Å². The summed E-state index contributed by atoms with van der Waals surface area (Å²) in [6, 6.07) is 12.5. The highest BCUT2D eigenvalue weighted by Gasteiger charge is 2.33. The van der Waals surface area contributed by atoms with E-state index in [-0.39, 0.29) is 5.56 Å². The van der Waals surface area contributed by atoms with E-state index in [1.165, 1.54) is 4.90 Å². The van der Waals surface area contributed by atoms with Gasteiger partial charge in [-0.25, -0.2) is 0 Å². The number of aromatic nitrogens is 1. The Morgan fingerprint density at radius 1 is 1.07 bits per heavy atom. The van der Waals surface area contributed by atoms with Gasteiger partial charge in [0, 0.05) is 24.4 Å². The quantitative estimate of drug-likeness (QED) is 0.536. The fraction of sp³-hybridized carbons (Fsp3) is 0.143. The number of hydrogen-bond donors (Lipinski definition) is 0. The molecule has 0 atom stereocenters. The predicted octanol–water partition coefficient (Wildman–Crippen LogP) is 6.01. The van der Waals surface area contributed by atoms with Gasteiger partial charge in [-0.3, -0.25) is 9.78 Å². The van der Waals surface area contributed by atoms with Crippen LogP contribution >= 0.6 is 11.6 Å². The molecule has 28 heavy (non-hydrogen) atoms. The number of halogens is 4. The standard InChI is InChI=1S/C21H16ClF3N2O/c1-13-5-3-4-6-15(13)16-9-10-26-12-19(16)27(2)20(28)14-7-8-17(18(22)11-14)21(23,24)25/h3-12H,1-2H3. The molecule has 1 heterocycles. The highest BCUT2D eigenvalue weighted by molar-refractivity contribution is 6.32. The van der Waals surface area contributed by atoms with Crippen LogP contribution in [0.5, 0.6) is 0 Å². The fourth-order valence-corrected chi connectivity index (χ4v) is 3.23. The zero-order valence-corrected chi connectivity index (χ0v) is 15.8. The van der Waals surface area contributed by atoms with Crippen LogP contribution < -0.4 is 4.90 Å². The summed E-state index contributed by atoms with van der Waals surface area (Å²) in [6.07, 6.45) is -1.41. The lowest BCUT2D eigenvalue weighted by Gasteiger charge is -2.21. The van der Waals surface area contributed by atoms with Gasteiger partial charge in [0.25, 0.3) is 5.91 Å². The van der Waals surface area contributed by atoms with Crippen LogP contribution in [0.4, 0.5) is 18.9 Å². The van der Waals surface area contributed by atoms with Crippen LogP contribution in [0, 0.1) is 6.92 Å². The van der Waals surface area contributed by atoms with E-state index in [0.717, 1.165) is 34.9 Å². The molecular weight excluding hydrogens is 389 g/mol. The van der Waals surface area contributed by atoms with Crippen LogP contribution in [0.25, 0.3) is 11.1 Å². The number of carbonyl (C=O) groups excluding carboxylic acids is 1.